The van der Waals surface area contributed by atoms with Crippen LogP contribution >= 0.6 is 0 Å². The quantitative estimate of drug-likeness (QED) is 0.439. The van der Waals surface area contributed by atoms with E-state index in [1.807, 2.05) is 0 Å². The molecule has 1 saturated carbocycles. The second-order valence-corrected chi connectivity index (χ2v) is 5.29. The Morgan fingerprint density at radius 3 is 2.88 bits per heavy atom. The smallest absolute Gasteiger partial charge is 0.308 e. The number of hydrogen-bond acceptors (Lipinski definition) is 3. The number of esters is 1. The van der Waals surface area contributed by atoms with Crippen LogP contribution < -0.4 is 0 Å². The Hall–Kier alpha value is -0.830. The maximum atomic E-state index is 11.5. The molecular weight excluding hydrogens is 216 g/mol. The average Bonchev–Trinajstić information content (AvgIpc) is 2.91. The first kappa shape index (κ1) is 12.6. The Labute approximate surface area is 103 Å². The molecule has 4 unspecified atom stereocenters. The molecule has 0 radical (unpaired) electrons. The van der Waals surface area contributed by atoms with Crippen LogP contribution in [0.5, 0.6) is 0 Å². The van der Waals surface area contributed by atoms with E-state index in [-0.39, 0.29) is 18.3 Å². The van der Waals surface area contributed by atoms with Gasteiger partial charge in [-0.05, 0) is 37.0 Å². The monoisotopic (exact) mass is 238 g/mol. The molecule has 2 rings (SSSR count). The Balaban J connectivity index is 1.72. The fourth-order valence-electron chi connectivity index (χ4n) is 2.98. The van der Waals surface area contributed by atoms with Gasteiger partial charge in [0.1, 0.15) is 0 Å². The zero-order chi connectivity index (χ0) is 12.3. The number of aliphatic hydroxyl groups excluding tert-OH is 1. The summed E-state index contributed by atoms with van der Waals surface area (Å²) in [6.07, 6.45) is 8.19. The van der Waals surface area contributed by atoms with Crippen molar-refractivity contribution in [2.75, 3.05) is 6.61 Å². The zero-order valence-electron chi connectivity index (χ0n) is 10.5. The maximum Gasteiger partial charge on any atom is 0.308 e. The van der Waals surface area contributed by atoms with Gasteiger partial charge < -0.3 is 9.84 Å². The van der Waals surface area contributed by atoms with E-state index >= 15 is 0 Å². The van der Waals surface area contributed by atoms with Crippen molar-refractivity contribution in [1.29, 1.82) is 0 Å². The predicted octanol–water partition coefficient (Wildman–Crippen LogP) is 2.29. The van der Waals surface area contributed by atoms with Gasteiger partial charge in [0.05, 0.1) is 19.1 Å². The van der Waals surface area contributed by atoms with Gasteiger partial charge in [0.2, 0.25) is 0 Å². The lowest BCUT2D eigenvalue weighted by Crippen LogP contribution is -2.27. The molecule has 3 nitrogen and oxygen atoms in total. The van der Waals surface area contributed by atoms with Gasteiger partial charge in [-0.2, -0.15) is 0 Å². The fraction of sp³-hybridized carbons (Fsp3) is 0.786. The number of hydrogen-bond donors (Lipinski definition) is 1. The van der Waals surface area contributed by atoms with Crippen LogP contribution in [0, 0.1) is 17.8 Å². The molecule has 2 aliphatic rings. The van der Waals surface area contributed by atoms with E-state index in [1.165, 1.54) is 0 Å². The molecule has 0 spiro atoms. The van der Waals surface area contributed by atoms with Gasteiger partial charge in [-0.15, -0.1) is 0 Å². The van der Waals surface area contributed by atoms with Crippen molar-refractivity contribution in [3.05, 3.63) is 12.2 Å². The van der Waals surface area contributed by atoms with Crippen LogP contribution in [-0.2, 0) is 9.53 Å². The van der Waals surface area contributed by atoms with Crippen LogP contribution in [0.3, 0.4) is 0 Å². The van der Waals surface area contributed by atoms with E-state index < -0.39 is 6.10 Å². The van der Waals surface area contributed by atoms with Crippen LogP contribution in [0.4, 0.5) is 0 Å². The van der Waals surface area contributed by atoms with Gasteiger partial charge in [-0.3, -0.25) is 4.79 Å². The molecule has 0 aromatic rings. The molecule has 1 N–H and O–H groups in total. The first-order chi connectivity index (χ1) is 8.20. The number of rotatable bonds is 6. The molecule has 17 heavy (non-hydrogen) atoms. The van der Waals surface area contributed by atoms with Crippen LogP contribution in [0.2, 0.25) is 0 Å². The minimum atomic E-state index is -0.524. The van der Waals surface area contributed by atoms with E-state index in [2.05, 4.69) is 19.1 Å². The third kappa shape index (κ3) is 3.09. The summed E-state index contributed by atoms with van der Waals surface area (Å²) in [5, 5.41) is 10.1. The van der Waals surface area contributed by atoms with Crippen molar-refractivity contribution < 1.29 is 14.6 Å². The van der Waals surface area contributed by atoms with Crippen LogP contribution in [0.25, 0.3) is 0 Å². The Bertz CT molecular complexity index is 298. The second kappa shape index (κ2) is 5.67. The van der Waals surface area contributed by atoms with Gasteiger partial charge in [0, 0.05) is 0 Å². The van der Waals surface area contributed by atoms with Gasteiger partial charge >= 0.3 is 5.97 Å². The molecular formula is C14H22O3. The number of unbranched alkanes of at least 4 members (excludes halogenated alkanes) is 1. The first-order valence-corrected chi connectivity index (χ1v) is 6.72. The van der Waals surface area contributed by atoms with Crippen molar-refractivity contribution >= 4 is 5.97 Å². The topological polar surface area (TPSA) is 46.5 Å². The molecule has 0 aliphatic heterocycles. The van der Waals surface area contributed by atoms with Crippen LogP contribution in [-0.4, -0.2) is 23.8 Å². The molecule has 0 heterocycles. The number of carbonyl (C=O) groups is 1. The highest BCUT2D eigenvalue weighted by Gasteiger charge is 2.40. The maximum absolute atomic E-state index is 11.5. The minimum absolute atomic E-state index is 0.158. The van der Waals surface area contributed by atoms with E-state index in [0.717, 1.165) is 25.7 Å². The van der Waals surface area contributed by atoms with E-state index in [9.17, 15) is 9.90 Å². The Morgan fingerprint density at radius 1 is 1.47 bits per heavy atom. The molecule has 0 aromatic heterocycles. The zero-order valence-corrected chi connectivity index (χ0v) is 10.5. The highest BCUT2D eigenvalue weighted by Crippen LogP contribution is 2.45. The van der Waals surface area contributed by atoms with Crippen molar-refractivity contribution in [1.82, 2.24) is 0 Å². The molecule has 0 saturated heterocycles. The second-order valence-electron chi connectivity index (χ2n) is 5.29. The van der Waals surface area contributed by atoms with E-state index in [1.54, 1.807) is 0 Å². The summed E-state index contributed by atoms with van der Waals surface area (Å²) in [7, 11) is 0. The summed E-state index contributed by atoms with van der Waals surface area (Å²) < 4.78 is 5.08. The summed E-state index contributed by atoms with van der Waals surface area (Å²) >= 11 is 0. The van der Waals surface area contributed by atoms with Gasteiger partial charge in [-0.1, -0.05) is 25.5 Å². The average molecular weight is 238 g/mol. The minimum Gasteiger partial charge on any atom is -0.466 e. The van der Waals surface area contributed by atoms with Crippen molar-refractivity contribution in [3.8, 4) is 0 Å². The lowest BCUT2D eigenvalue weighted by molar-refractivity contribution is -0.146. The number of carbonyl (C=O) groups excluding carboxylic acids is 1. The van der Waals surface area contributed by atoms with Crippen molar-refractivity contribution in [3.63, 3.8) is 0 Å². The largest absolute Gasteiger partial charge is 0.466 e. The highest BCUT2D eigenvalue weighted by atomic mass is 16.5. The van der Waals surface area contributed by atoms with Crippen LogP contribution in [0.15, 0.2) is 12.2 Å². The van der Waals surface area contributed by atoms with Crippen LogP contribution in [0.1, 0.15) is 39.0 Å². The summed E-state index contributed by atoms with van der Waals surface area (Å²) in [4.78, 5) is 11.5. The van der Waals surface area contributed by atoms with Gasteiger partial charge in [0.15, 0.2) is 0 Å². The summed E-state index contributed by atoms with van der Waals surface area (Å²) in [5.41, 5.74) is 0. The standard InChI is InChI=1S/C14H22O3/c1-2-3-6-17-14(16)9-13(15)12-8-10-4-5-11(12)7-10/h4-5,10-13,15H,2-3,6-9H2,1H3. The predicted molar refractivity (Wildman–Crippen MR) is 65.3 cm³/mol. The SMILES string of the molecule is CCCCOC(=O)CC(O)C1CC2C=CC1C2. The fourth-order valence-corrected chi connectivity index (χ4v) is 2.98. The number of aliphatic hydroxyl groups is 1. The summed E-state index contributed by atoms with van der Waals surface area (Å²) in [6.45, 7) is 2.54. The summed E-state index contributed by atoms with van der Waals surface area (Å²) in [6, 6.07) is 0. The molecule has 1 fully saturated rings. The molecule has 3 heteroatoms. The molecule has 2 bridgehead atoms. The highest BCUT2D eigenvalue weighted by molar-refractivity contribution is 5.70. The lowest BCUT2D eigenvalue weighted by atomic mass is 9.87. The molecule has 0 amide bonds. The van der Waals surface area contributed by atoms with E-state index in [4.69, 9.17) is 4.74 Å². The molecule has 4 atom stereocenters. The van der Waals surface area contributed by atoms with Crippen molar-refractivity contribution in [2.45, 2.75) is 45.1 Å². The first-order valence-electron chi connectivity index (χ1n) is 6.72. The number of fused-ring (bicyclic) bond motifs is 2. The van der Waals surface area contributed by atoms with Crippen molar-refractivity contribution in [2.24, 2.45) is 17.8 Å². The van der Waals surface area contributed by atoms with E-state index in [0.29, 0.717) is 18.4 Å². The van der Waals surface area contributed by atoms with Gasteiger partial charge in [0.25, 0.3) is 0 Å². The van der Waals surface area contributed by atoms with Gasteiger partial charge in [-0.25, -0.2) is 0 Å². The molecule has 96 valence electrons. The Kier molecular flexibility index (Phi) is 4.21. The summed E-state index contributed by atoms with van der Waals surface area (Å²) in [5.74, 6) is 1.13. The lowest BCUT2D eigenvalue weighted by Gasteiger charge is -2.23. The molecule has 0 aromatic carbocycles. The third-order valence-electron chi connectivity index (χ3n) is 3.96. The number of allylic oxidation sites excluding steroid dienone is 2. The third-order valence-corrected chi connectivity index (χ3v) is 3.96. The normalized spacial score (nSPS) is 31.8. The number of ether oxygens (including phenoxy) is 1. The molecule has 2 aliphatic carbocycles. The Morgan fingerprint density at radius 2 is 2.29 bits per heavy atom.